The van der Waals surface area contributed by atoms with Crippen LogP contribution in [0, 0.1) is 11.8 Å². The number of likely N-dealkylation sites (tertiary alicyclic amines) is 1. The molecule has 20 heavy (non-hydrogen) atoms. The van der Waals surface area contributed by atoms with Crippen LogP contribution >= 0.6 is 0 Å². The van der Waals surface area contributed by atoms with Crippen molar-refractivity contribution < 1.29 is 9.47 Å². The zero-order valence-electron chi connectivity index (χ0n) is 13.0. The molecule has 0 spiro atoms. The minimum absolute atomic E-state index is 0.668. The SMILES string of the molecule is CCOc1ccccc1OCCN1C[C@H](C)C[C@@H](C)C1. The van der Waals surface area contributed by atoms with Crippen LogP contribution in [0.3, 0.4) is 0 Å². The fraction of sp³-hybridized carbons (Fsp3) is 0.647. The Bertz CT molecular complexity index is 398. The highest BCUT2D eigenvalue weighted by molar-refractivity contribution is 5.39. The Labute approximate surface area is 122 Å². The van der Waals surface area contributed by atoms with Crippen LogP contribution in [0.2, 0.25) is 0 Å². The summed E-state index contributed by atoms with van der Waals surface area (Å²) in [7, 11) is 0. The molecule has 1 saturated heterocycles. The monoisotopic (exact) mass is 277 g/mol. The average molecular weight is 277 g/mol. The smallest absolute Gasteiger partial charge is 0.161 e. The van der Waals surface area contributed by atoms with Crippen LogP contribution in [-0.4, -0.2) is 37.7 Å². The standard InChI is InChI=1S/C17H27NO2/c1-4-19-16-7-5-6-8-17(16)20-10-9-18-12-14(2)11-15(3)13-18/h5-8,14-15H,4,9-13H2,1-3H3/t14-,15-/m1/s1. The van der Waals surface area contributed by atoms with Crippen molar-refractivity contribution >= 4 is 0 Å². The van der Waals surface area contributed by atoms with Crippen molar-refractivity contribution in [1.82, 2.24) is 4.90 Å². The average Bonchev–Trinajstić information content (AvgIpc) is 2.40. The molecule has 1 aromatic carbocycles. The molecule has 0 bridgehead atoms. The van der Waals surface area contributed by atoms with Gasteiger partial charge in [-0.05, 0) is 37.3 Å². The molecule has 0 radical (unpaired) electrons. The van der Waals surface area contributed by atoms with Crippen molar-refractivity contribution in [3.63, 3.8) is 0 Å². The number of para-hydroxylation sites is 2. The third-order valence-corrected chi connectivity index (χ3v) is 3.76. The van der Waals surface area contributed by atoms with Crippen molar-refractivity contribution in [1.29, 1.82) is 0 Å². The Hall–Kier alpha value is -1.22. The molecule has 2 rings (SSSR count). The topological polar surface area (TPSA) is 21.7 Å². The summed E-state index contributed by atoms with van der Waals surface area (Å²) in [4.78, 5) is 2.52. The van der Waals surface area contributed by atoms with Gasteiger partial charge in [0.25, 0.3) is 0 Å². The second-order valence-corrected chi connectivity index (χ2v) is 5.93. The van der Waals surface area contributed by atoms with Gasteiger partial charge in [-0.25, -0.2) is 0 Å². The predicted octanol–water partition coefficient (Wildman–Crippen LogP) is 3.44. The van der Waals surface area contributed by atoms with E-state index in [1.54, 1.807) is 0 Å². The molecule has 2 atom stereocenters. The summed E-state index contributed by atoms with van der Waals surface area (Å²) in [5, 5.41) is 0. The molecule has 0 aliphatic carbocycles. The molecule has 1 heterocycles. The van der Waals surface area contributed by atoms with Gasteiger partial charge < -0.3 is 9.47 Å². The van der Waals surface area contributed by atoms with Crippen molar-refractivity contribution in [2.45, 2.75) is 27.2 Å². The molecule has 1 aromatic rings. The molecule has 3 nitrogen and oxygen atoms in total. The van der Waals surface area contributed by atoms with Gasteiger partial charge in [0.2, 0.25) is 0 Å². The summed E-state index contributed by atoms with van der Waals surface area (Å²) < 4.78 is 11.5. The van der Waals surface area contributed by atoms with E-state index in [1.165, 1.54) is 19.5 Å². The van der Waals surface area contributed by atoms with Gasteiger partial charge in [0.1, 0.15) is 6.61 Å². The molecule has 3 heteroatoms. The molecular formula is C17H27NO2. The van der Waals surface area contributed by atoms with E-state index in [9.17, 15) is 0 Å². The van der Waals surface area contributed by atoms with Crippen LogP contribution in [-0.2, 0) is 0 Å². The maximum absolute atomic E-state index is 5.90. The van der Waals surface area contributed by atoms with E-state index < -0.39 is 0 Å². The summed E-state index contributed by atoms with van der Waals surface area (Å²) in [5.41, 5.74) is 0. The number of hydrogen-bond acceptors (Lipinski definition) is 3. The zero-order chi connectivity index (χ0) is 14.4. The molecule has 112 valence electrons. The minimum Gasteiger partial charge on any atom is -0.490 e. The Morgan fingerprint density at radius 1 is 1.05 bits per heavy atom. The summed E-state index contributed by atoms with van der Waals surface area (Å²) in [6.07, 6.45) is 1.35. The minimum atomic E-state index is 0.668. The Kier molecular flexibility index (Phi) is 5.72. The second-order valence-electron chi connectivity index (χ2n) is 5.93. The summed E-state index contributed by atoms with van der Waals surface area (Å²) >= 11 is 0. The second kappa shape index (κ2) is 7.53. The van der Waals surface area contributed by atoms with Crippen LogP contribution in [0.5, 0.6) is 11.5 Å². The largest absolute Gasteiger partial charge is 0.490 e. The Morgan fingerprint density at radius 2 is 1.65 bits per heavy atom. The lowest BCUT2D eigenvalue weighted by atomic mass is 9.92. The van der Waals surface area contributed by atoms with E-state index >= 15 is 0 Å². The maximum atomic E-state index is 5.90. The normalized spacial score (nSPS) is 23.6. The first-order chi connectivity index (χ1) is 9.69. The number of rotatable bonds is 6. The summed E-state index contributed by atoms with van der Waals surface area (Å²) in [6, 6.07) is 7.91. The van der Waals surface area contributed by atoms with Crippen LogP contribution in [0.1, 0.15) is 27.2 Å². The summed E-state index contributed by atoms with van der Waals surface area (Å²) in [6.45, 7) is 11.5. The third kappa shape index (κ3) is 4.41. The lowest BCUT2D eigenvalue weighted by Gasteiger charge is -2.34. The lowest BCUT2D eigenvalue weighted by Crippen LogP contribution is -2.40. The molecule has 1 fully saturated rings. The first-order valence-electron chi connectivity index (χ1n) is 7.76. The highest BCUT2D eigenvalue weighted by Gasteiger charge is 2.21. The number of piperidine rings is 1. The maximum Gasteiger partial charge on any atom is 0.161 e. The van der Waals surface area contributed by atoms with E-state index in [-0.39, 0.29) is 0 Å². The van der Waals surface area contributed by atoms with Crippen LogP contribution in [0.15, 0.2) is 24.3 Å². The quantitative estimate of drug-likeness (QED) is 0.795. The van der Waals surface area contributed by atoms with Gasteiger partial charge in [0.05, 0.1) is 6.61 Å². The van der Waals surface area contributed by atoms with Gasteiger partial charge in [-0.1, -0.05) is 26.0 Å². The molecule has 1 aliphatic rings. The highest BCUT2D eigenvalue weighted by atomic mass is 16.5. The zero-order valence-corrected chi connectivity index (χ0v) is 13.0. The van der Waals surface area contributed by atoms with E-state index in [0.717, 1.165) is 36.5 Å². The Balaban J connectivity index is 1.81. The van der Waals surface area contributed by atoms with Crippen LogP contribution in [0.25, 0.3) is 0 Å². The van der Waals surface area contributed by atoms with Gasteiger partial charge in [0.15, 0.2) is 11.5 Å². The molecule has 0 unspecified atom stereocenters. The molecular weight excluding hydrogens is 250 g/mol. The number of nitrogens with zero attached hydrogens (tertiary/aromatic N) is 1. The van der Waals surface area contributed by atoms with Gasteiger partial charge in [-0.2, -0.15) is 0 Å². The van der Waals surface area contributed by atoms with Crippen molar-refractivity contribution in [2.24, 2.45) is 11.8 Å². The van der Waals surface area contributed by atoms with Gasteiger partial charge in [0, 0.05) is 19.6 Å². The van der Waals surface area contributed by atoms with E-state index in [4.69, 9.17) is 9.47 Å². The van der Waals surface area contributed by atoms with Gasteiger partial charge >= 0.3 is 0 Å². The lowest BCUT2D eigenvalue weighted by molar-refractivity contribution is 0.119. The van der Waals surface area contributed by atoms with E-state index in [2.05, 4.69) is 18.7 Å². The van der Waals surface area contributed by atoms with Gasteiger partial charge in [-0.3, -0.25) is 4.90 Å². The molecule has 0 amide bonds. The number of hydrogen-bond donors (Lipinski definition) is 0. The number of benzene rings is 1. The fourth-order valence-corrected chi connectivity index (χ4v) is 3.10. The predicted molar refractivity (Wildman–Crippen MR) is 82.5 cm³/mol. The first-order valence-corrected chi connectivity index (χ1v) is 7.76. The first kappa shape index (κ1) is 15.2. The van der Waals surface area contributed by atoms with E-state index in [1.807, 2.05) is 31.2 Å². The fourth-order valence-electron chi connectivity index (χ4n) is 3.10. The van der Waals surface area contributed by atoms with Crippen LogP contribution < -0.4 is 9.47 Å². The molecule has 1 aliphatic heterocycles. The summed E-state index contributed by atoms with van der Waals surface area (Å²) in [5.74, 6) is 3.30. The molecule has 0 N–H and O–H groups in total. The van der Waals surface area contributed by atoms with Gasteiger partial charge in [-0.15, -0.1) is 0 Å². The third-order valence-electron chi connectivity index (χ3n) is 3.76. The van der Waals surface area contributed by atoms with Crippen molar-refractivity contribution in [3.8, 4) is 11.5 Å². The highest BCUT2D eigenvalue weighted by Crippen LogP contribution is 2.26. The Morgan fingerprint density at radius 3 is 2.25 bits per heavy atom. The van der Waals surface area contributed by atoms with Crippen LogP contribution in [0.4, 0.5) is 0 Å². The molecule has 0 aromatic heterocycles. The number of ether oxygens (including phenoxy) is 2. The molecule has 0 saturated carbocycles. The van der Waals surface area contributed by atoms with E-state index in [0.29, 0.717) is 6.61 Å². The van der Waals surface area contributed by atoms with Crippen molar-refractivity contribution in [3.05, 3.63) is 24.3 Å². The van der Waals surface area contributed by atoms with Crippen molar-refractivity contribution in [2.75, 3.05) is 32.8 Å².